The van der Waals surface area contributed by atoms with Gasteiger partial charge in [-0.1, -0.05) is 13.8 Å². The topological polar surface area (TPSA) is 99.6 Å². The van der Waals surface area contributed by atoms with E-state index in [-0.39, 0.29) is 12.0 Å². The van der Waals surface area contributed by atoms with Crippen molar-refractivity contribution < 1.29 is 18.6 Å². The van der Waals surface area contributed by atoms with E-state index in [9.17, 15) is 14.2 Å². The molecule has 0 amide bonds. The second-order valence-electron chi connectivity index (χ2n) is 6.83. The molecule has 1 aromatic heterocycles. The quantitative estimate of drug-likeness (QED) is 0.674. The number of H-pyrrole nitrogens is 1. The zero-order valence-electron chi connectivity index (χ0n) is 16.5. The zero-order valence-corrected chi connectivity index (χ0v) is 17.4. The monoisotopic (exact) mass is 400 g/mol. The highest BCUT2D eigenvalue weighted by atomic mass is 31.2. The number of ether oxygens (including phenoxy) is 2. The molecule has 9 heteroatoms. The molecule has 8 nitrogen and oxygen atoms in total. The molecule has 1 aliphatic heterocycles. The average Bonchev–Trinajstić information content (AvgIpc) is 2.90. The van der Waals surface area contributed by atoms with Crippen LogP contribution >= 0.6 is 7.37 Å². The molecule has 1 unspecified atom stereocenters. The molecule has 2 rings (SSSR count). The molecule has 27 heavy (non-hydrogen) atoms. The minimum atomic E-state index is -2.85. The van der Waals surface area contributed by atoms with Crippen LogP contribution in [0.5, 0.6) is 0 Å². The second-order valence-corrected chi connectivity index (χ2v) is 9.21. The first-order valence-corrected chi connectivity index (χ1v) is 11.3. The Morgan fingerprint density at radius 2 is 2.07 bits per heavy atom. The normalized spacial score (nSPS) is 27.9. The summed E-state index contributed by atoms with van der Waals surface area (Å²) < 4.78 is 31.0. The van der Waals surface area contributed by atoms with Crippen molar-refractivity contribution in [2.45, 2.75) is 52.6 Å². The van der Waals surface area contributed by atoms with Gasteiger partial charge in [0, 0.05) is 30.9 Å². The highest BCUT2D eigenvalue weighted by Crippen LogP contribution is 2.45. The Kier molecular flexibility index (Phi) is 7.40. The average molecular weight is 400 g/mol. The minimum Gasteiger partial charge on any atom is -0.373 e. The Morgan fingerprint density at radius 3 is 2.70 bits per heavy atom. The third kappa shape index (κ3) is 5.29. The van der Waals surface area contributed by atoms with E-state index in [1.807, 2.05) is 13.8 Å². The summed E-state index contributed by atoms with van der Waals surface area (Å²) in [5.74, 6) is 1.45. The van der Waals surface area contributed by atoms with E-state index in [2.05, 4.69) is 4.98 Å². The van der Waals surface area contributed by atoms with E-state index in [0.29, 0.717) is 18.8 Å². The van der Waals surface area contributed by atoms with Crippen LogP contribution in [0, 0.1) is 12.8 Å². The molecule has 0 spiro atoms. The van der Waals surface area contributed by atoms with Gasteiger partial charge >= 0.3 is 5.69 Å². The maximum Gasteiger partial charge on any atom is 0.330 e. The second kappa shape index (κ2) is 9.15. The van der Waals surface area contributed by atoms with E-state index in [0.717, 1.165) is 6.42 Å². The van der Waals surface area contributed by atoms with Crippen molar-refractivity contribution >= 4 is 7.37 Å². The molecule has 1 saturated heterocycles. The minimum absolute atomic E-state index is 0.0847. The van der Waals surface area contributed by atoms with Gasteiger partial charge in [-0.15, -0.1) is 0 Å². The van der Waals surface area contributed by atoms with Gasteiger partial charge in [-0.2, -0.15) is 0 Å². The number of hydrogen-bond acceptors (Lipinski definition) is 6. The van der Waals surface area contributed by atoms with Crippen LogP contribution in [-0.4, -0.2) is 41.6 Å². The van der Waals surface area contributed by atoms with Crippen molar-refractivity contribution in [3.05, 3.63) is 44.5 Å². The van der Waals surface area contributed by atoms with Crippen molar-refractivity contribution in [3.8, 4) is 0 Å². The standard InChI is InChI=1S/C18H29N2O6P/c1-6-9-24-15-13(4)14(8-10-27(5,23)25-7-2)26-17(15)20-11-12(3)16(21)19-18(20)22/h8,10-11,13-15,17H,6-7,9H2,1-5H3,(H,19,21,22)/b10-8+/t13-,14-,15-,17-,27?/m1/s1. The maximum absolute atomic E-state index is 12.3. The van der Waals surface area contributed by atoms with Crippen molar-refractivity contribution in [1.29, 1.82) is 0 Å². The van der Waals surface area contributed by atoms with Gasteiger partial charge in [0.25, 0.3) is 5.56 Å². The third-order valence-electron chi connectivity index (χ3n) is 4.48. The van der Waals surface area contributed by atoms with Crippen LogP contribution in [0.2, 0.25) is 0 Å². The lowest BCUT2D eigenvalue weighted by Crippen LogP contribution is -2.38. The number of aromatic amines is 1. The SMILES string of the molecule is CCCO[C@@H]1[C@H](C)[C@@H](/C=C/P(C)(=O)OCC)O[C@H]1n1cc(C)c(=O)[nH]c1=O. The largest absolute Gasteiger partial charge is 0.373 e. The van der Waals surface area contributed by atoms with Gasteiger partial charge in [-0.3, -0.25) is 18.9 Å². The molecule has 0 aromatic carbocycles. The molecule has 152 valence electrons. The van der Waals surface area contributed by atoms with Gasteiger partial charge in [0.1, 0.15) is 6.10 Å². The summed E-state index contributed by atoms with van der Waals surface area (Å²) >= 11 is 0. The van der Waals surface area contributed by atoms with Crippen molar-refractivity contribution in [2.24, 2.45) is 5.92 Å². The first kappa shape index (κ1) is 21.8. The van der Waals surface area contributed by atoms with Crippen LogP contribution in [0.3, 0.4) is 0 Å². The fourth-order valence-corrected chi connectivity index (χ4v) is 4.14. The molecule has 1 aromatic rings. The summed E-state index contributed by atoms with van der Waals surface area (Å²) in [5.41, 5.74) is -0.560. The highest BCUT2D eigenvalue weighted by Gasteiger charge is 2.43. The van der Waals surface area contributed by atoms with Gasteiger partial charge in [0.2, 0.25) is 7.37 Å². The van der Waals surface area contributed by atoms with Crippen molar-refractivity contribution in [2.75, 3.05) is 19.9 Å². The number of nitrogens with zero attached hydrogens (tertiary/aromatic N) is 1. The summed E-state index contributed by atoms with van der Waals surface area (Å²) in [6.07, 6.45) is 2.55. The van der Waals surface area contributed by atoms with Crippen molar-refractivity contribution in [3.63, 3.8) is 0 Å². The predicted molar refractivity (Wildman–Crippen MR) is 103 cm³/mol. The molecular formula is C18H29N2O6P. The van der Waals surface area contributed by atoms with Crippen LogP contribution in [0.4, 0.5) is 0 Å². The first-order valence-electron chi connectivity index (χ1n) is 9.20. The van der Waals surface area contributed by atoms with Gasteiger partial charge in [0.15, 0.2) is 6.23 Å². The van der Waals surface area contributed by atoms with Gasteiger partial charge in [0.05, 0.1) is 12.7 Å². The predicted octanol–water partition coefficient (Wildman–Crippen LogP) is 2.63. The molecule has 0 aliphatic carbocycles. The molecule has 2 heterocycles. The molecule has 0 saturated carbocycles. The number of nitrogens with one attached hydrogen (secondary N) is 1. The Morgan fingerprint density at radius 1 is 1.37 bits per heavy atom. The molecule has 1 fully saturated rings. The van der Waals surface area contributed by atoms with Crippen LogP contribution in [0.25, 0.3) is 0 Å². The Labute approximate surface area is 159 Å². The fraction of sp³-hybridized carbons (Fsp3) is 0.667. The number of aromatic nitrogens is 2. The van der Waals surface area contributed by atoms with E-state index >= 15 is 0 Å². The van der Waals surface area contributed by atoms with Gasteiger partial charge < -0.3 is 14.0 Å². The van der Waals surface area contributed by atoms with Crippen LogP contribution in [0.15, 0.2) is 27.7 Å². The van der Waals surface area contributed by atoms with Gasteiger partial charge in [-0.05, 0) is 32.2 Å². The first-order chi connectivity index (χ1) is 12.7. The van der Waals surface area contributed by atoms with Crippen LogP contribution < -0.4 is 11.2 Å². The lowest BCUT2D eigenvalue weighted by atomic mass is 10.00. The highest BCUT2D eigenvalue weighted by molar-refractivity contribution is 7.61. The Hall–Kier alpha value is -1.47. The van der Waals surface area contributed by atoms with E-state index in [1.165, 1.54) is 16.6 Å². The van der Waals surface area contributed by atoms with E-state index in [1.54, 1.807) is 26.6 Å². The Bertz CT molecular complexity index is 830. The Balaban J connectivity index is 2.34. The van der Waals surface area contributed by atoms with E-state index in [4.69, 9.17) is 14.0 Å². The van der Waals surface area contributed by atoms with E-state index < -0.39 is 30.9 Å². The lowest BCUT2D eigenvalue weighted by molar-refractivity contribution is -0.0606. The summed E-state index contributed by atoms with van der Waals surface area (Å²) in [6, 6.07) is 0. The van der Waals surface area contributed by atoms with Crippen LogP contribution in [0.1, 0.15) is 39.0 Å². The number of hydrogen-bond donors (Lipinski definition) is 1. The number of rotatable bonds is 8. The van der Waals surface area contributed by atoms with Crippen LogP contribution in [-0.2, 0) is 18.6 Å². The number of aryl methyl sites for hydroxylation is 1. The summed E-state index contributed by atoms with van der Waals surface area (Å²) in [4.78, 5) is 26.3. The molecule has 0 radical (unpaired) electrons. The van der Waals surface area contributed by atoms with Crippen molar-refractivity contribution in [1.82, 2.24) is 9.55 Å². The zero-order chi connectivity index (χ0) is 20.2. The fourth-order valence-electron chi connectivity index (χ4n) is 3.06. The molecule has 0 bridgehead atoms. The third-order valence-corrected chi connectivity index (χ3v) is 5.97. The summed E-state index contributed by atoms with van der Waals surface area (Å²) in [6.45, 7) is 9.80. The molecule has 5 atom stereocenters. The lowest BCUT2D eigenvalue weighted by Gasteiger charge is -2.23. The summed E-state index contributed by atoms with van der Waals surface area (Å²) in [7, 11) is -2.85. The molecule has 1 aliphatic rings. The smallest absolute Gasteiger partial charge is 0.330 e. The van der Waals surface area contributed by atoms with Gasteiger partial charge in [-0.25, -0.2) is 4.79 Å². The molecular weight excluding hydrogens is 371 g/mol. The maximum atomic E-state index is 12.3. The molecule has 1 N–H and O–H groups in total. The summed E-state index contributed by atoms with van der Waals surface area (Å²) in [5, 5.41) is 0.